The molecular weight excluding hydrogens is 308 g/mol. The molecule has 124 valence electrons. The molecule has 0 saturated carbocycles. The fraction of sp³-hybridized carbons (Fsp3) is 0.222. The van der Waals surface area contributed by atoms with Crippen molar-refractivity contribution in [3.63, 3.8) is 0 Å². The molecule has 0 radical (unpaired) electrons. The Kier molecular flexibility index (Phi) is 4.37. The molecule has 1 aromatic carbocycles. The van der Waals surface area contributed by atoms with Crippen LogP contribution in [0.2, 0.25) is 0 Å². The topological polar surface area (TPSA) is 80.6 Å². The Hall–Kier alpha value is -3.02. The Morgan fingerprint density at radius 1 is 1.21 bits per heavy atom. The number of furan rings is 1. The average molecular weight is 326 g/mol. The molecule has 0 spiro atoms. The molecule has 1 aliphatic rings. The number of ether oxygens (including phenoxy) is 1. The van der Waals surface area contributed by atoms with Crippen LogP contribution >= 0.6 is 0 Å². The van der Waals surface area contributed by atoms with E-state index in [2.05, 4.69) is 10.6 Å². The smallest absolute Gasteiger partial charge is 0.338 e. The maximum Gasteiger partial charge on any atom is 0.338 e. The summed E-state index contributed by atoms with van der Waals surface area (Å²) in [6.07, 6.45) is 0. The second kappa shape index (κ2) is 6.62. The second-order valence-corrected chi connectivity index (χ2v) is 5.36. The molecule has 0 aliphatic carbocycles. The Bertz CT molecular complexity index is 792. The molecule has 6 nitrogen and oxygen atoms in total. The Labute approximate surface area is 139 Å². The number of urea groups is 1. The molecule has 2 heterocycles. The van der Waals surface area contributed by atoms with Gasteiger partial charge >= 0.3 is 12.0 Å². The predicted octanol–water partition coefficient (Wildman–Crippen LogP) is 3.14. The molecule has 2 amide bonds. The normalized spacial score (nSPS) is 17.2. The highest BCUT2D eigenvalue weighted by molar-refractivity contribution is 5.94. The molecular formula is C18H18N2O4. The van der Waals surface area contributed by atoms with Crippen LogP contribution in [0.4, 0.5) is 4.79 Å². The van der Waals surface area contributed by atoms with Crippen molar-refractivity contribution in [1.82, 2.24) is 10.6 Å². The van der Waals surface area contributed by atoms with Crippen LogP contribution in [0, 0.1) is 0 Å². The van der Waals surface area contributed by atoms with Crippen molar-refractivity contribution in [2.75, 3.05) is 6.61 Å². The highest BCUT2D eigenvalue weighted by Crippen LogP contribution is 2.31. The number of hydrogen-bond donors (Lipinski definition) is 2. The van der Waals surface area contributed by atoms with E-state index in [0.717, 1.165) is 5.56 Å². The zero-order valence-corrected chi connectivity index (χ0v) is 13.5. The average Bonchev–Trinajstić information content (AvgIpc) is 3.05. The predicted molar refractivity (Wildman–Crippen MR) is 87.9 cm³/mol. The van der Waals surface area contributed by atoms with Crippen LogP contribution in [0.3, 0.4) is 0 Å². The van der Waals surface area contributed by atoms with Gasteiger partial charge in [-0.15, -0.1) is 0 Å². The minimum Gasteiger partial charge on any atom is -0.463 e. The molecule has 0 bridgehead atoms. The van der Waals surface area contributed by atoms with Crippen molar-refractivity contribution in [2.45, 2.75) is 19.9 Å². The third kappa shape index (κ3) is 3.03. The van der Waals surface area contributed by atoms with E-state index in [-0.39, 0.29) is 12.6 Å². The minimum atomic E-state index is -0.685. The lowest BCUT2D eigenvalue weighted by Gasteiger charge is -2.26. The lowest BCUT2D eigenvalue weighted by molar-refractivity contribution is -0.139. The van der Waals surface area contributed by atoms with Crippen LogP contribution in [-0.4, -0.2) is 18.6 Å². The number of allylic oxidation sites excluding steroid dienone is 1. The maximum absolute atomic E-state index is 12.3. The minimum absolute atomic E-state index is 0.254. The first-order valence-corrected chi connectivity index (χ1v) is 7.70. The van der Waals surface area contributed by atoms with E-state index in [1.165, 1.54) is 0 Å². The van der Waals surface area contributed by atoms with E-state index in [1.807, 2.05) is 36.4 Å². The van der Waals surface area contributed by atoms with Crippen molar-refractivity contribution in [1.29, 1.82) is 0 Å². The van der Waals surface area contributed by atoms with Crippen LogP contribution in [0.25, 0.3) is 11.3 Å². The standard InChI is InChI=1S/C18H18N2O4/c1-3-23-17(21)15-11(2)19-18(22)20-16(15)14-10-9-13(24-14)12-7-5-4-6-8-12/h4-10,16H,3H2,1-2H3,(H2,19,20,22). The first-order valence-electron chi connectivity index (χ1n) is 7.70. The van der Waals surface area contributed by atoms with E-state index in [9.17, 15) is 9.59 Å². The van der Waals surface area contributed by atoms with Gasteiger partial charge in [0.05, 0.1) is 12.2 Å². The first kappa shape index (κ1) is 15.9. The molecule has 24 heavy (non-hydrogen) atoms. The van der Waals surface area contributed by atoms with Crippen molar-refractivity contribution in [3.8, 4) is 11.3 Å². The second-order valence-electron chi connectivity index (χ2n) is 5.36. The number of carbonyl (C=O) groups is 2. The van der Waals surface area contributed by atoms with Gasteiger partial charge in [-0.3, -0.25) is 0 Å². The number of hydrogen-bond acceptors (Lipinski definition) is 4. The quantitative estimate of drug-likeness (QED) is 0.846. The van der Waals surface area contributed by atoms with Gasteiger partial charge in [-0.2, -0.15) is 0 Å². The molecule has 1 aromatic heterocycles. The van der Waals surface area contributed by atoms with Crippen LogP contribution in [-0.2, 0) is 9.53 Å². The van der Waals surface area contributed by atoms with Crippen molar-refractivity contribution in [2.24, 2.45) is 0 Å². The van der Waals surface area contributed by atoms with E-state index < -0.39 is 12.0 Å². The summed E-state index contributed by atoms with van der Waals surface area (Å²) >= 11 is 0. The van der Waals surface area contributed by atoms with E-state index in [1.54, 1.807) is 19.9 Å². The van der Waals surface area contributed by atoms with Gasteiger partial charge in [0.2, 0.25) is 0 Å². The fourth-order valence-corrected chi connectivity index (χ4v) is 2.65. The SMILES string of the molecule is CCOC(=O)C1=C(C)NC(=O)NC1c1ccc(-c2ccccc2)o1. The van der Waals surface area contributed by atoms with E-state index >= 15 is 0 Å². The Balaban J connectivity index is 1.97. The summed E-state index contributed by atoms with van der Waals surface area (Å²) in [6, 6.07) is 12.1. The molecule has 0 saturated heterocycles. The van der Waals surface area contributed by atoms with Crippen molar-refractivity contribution >= 4 is 12.0 Å². The van der Waals surface area contributed by atoms with Gasteiger partial charge in [-0.05, 0) is 26.0 Å². The summed E-state index contributed by atoms with van der Waals surface area (Å²) in [6.45, 7) is 3.65. The largest absolute Gasteiger partial charge is 0.463 e. The van der Waals surface area contributed by atoms with Crippen LogP contribution in [0.1, 0.15) is 25.6 Å². The van der Waals surface area contributed by atoms with Gasteiger partial charge in [0.1, 0.15) is 17.6 Å². The molecule has 1 aliphatic heterocycles. The first-order chi connectivity index (χ1) is 11.6. The molecule has 1 unspecified atom stereocenters. The third-order valence-corrected chi connectivity index (χ3v) is 3.73. The lowest BCUT2D eigenvalue weighted by atomic mass is 10.0. The summed E-state index contributed by atoms with van der Waals surface area (Å²) in [5.74, 6) is 0.663. The molecule has 0 fully saturated rings. The molecule has 6 heteroatoms. The summed E-state index contributed by atoms with van der Waals surface area (Å²) in [5, 5.41) is 5.31. The number of carbonyl (C=O) groups excluding carboxylic acids is 2. The van der Waals surface area contributed by atoms with Crippen molar-refractivity contribution in [3.05, 3.63) is 59.5 Å². The van der Waals surface area contributed by atoms with Gasteiger partial charge in [0, 0.05) is 11.3 Å². The van der Waals surface area contributed by atoms with Gasteiger partial charge in [-0.25, -0.2) is 9.59 Å². The third-order valence-electron chi connectivity index (χ3n) is 3.73. The zero-order valence-electron chi connectivity index (χ0n) is 13.5. The zero-order chi connectivity index (χ0) is 17.1. The van der Waals surface area contributed by atoms with Crippen LogP contribution in [0.15, 0.2) is 58.2 Å². The molecule has 2 N–H and O–H groups in total. The van der Waals surface area contributed by atoms with Crippen molar-refractivity contribution < 1.29 is 18.7 Å². The molecule has 2 aromatic rings. The molecule has 1 atom stereocenters. The maximum atomic E-state index is 12.3. The van der Waals surface area contributed by atoms with Gasteiger partial charge in [0.15, 0.2) is 0 Å². The van der Waals surface area contributed by atoms with Gasteiger partial charge in [0.25, 0.3) is 0 Å². The number of rotatable bonds is 4. The van der Waals surface area contributed by atoms with Gasteiger partial charge < -0.3 is 19.8 Å². The molecule has 3 rings (SSSR count). The van der Waals surface area contributed by atoms with Crippen LogP contribution in [0.5, 0.6) is 0 Å². The highest BCUT2D eigenvalue weighted by atomic mass is 16.5. The summed E-state index contributed by atoms with van der Waals surface area (Å²) in [4.78, 5) is 24.1. The van der Waals surface area contributed by atoms with Crippen LogP contribution < -0.4 is 10.6 Å². The number of amides is 2. The summed E-state index contributed by atoms with van der Waals surface area (Å²) < 4.78 is 11.0. The van der Waals surface area contributed by atoms with Gasteiger partial charge in [-0.1, -0.05) is 30.3 Å². The highest BCUT2D eigenvalue weighted by Gasteiger charge is 2.34. The lowest BCUT2D eigenvalue weighted by Crippen LogP contribution is -2.45. The number of benzene rings is 1. The monoisotopic (exact) mass is 326 g/mol. The number of nitrogens with one attached hydrogen (secondary N) is 2. The summed E-state index contributed by atoms with van der Waals surface area (Å²) in [7, 11) is 0. The van der Waals surface area contributed by atoms with E-state index in [4.69, 9.17) is 9.15 Å². The number of esters is 1. The van der Waals surface area contributed by atoms with E-state index in [0.29, 0.717) is 22.8 Å². The summed E-state index contributed by atoms with van der Waals surface area (Å²) in [5.41, 5.74) is 1.72. The Morgan fingerprint density at radius 3 is 2.67 bits per heavy atom. The Morgan fingerprint density at radius 2 is 1.96 bits per heavy atom. The fourth-order valence-electron chi connectivity index (χ4n) is 2.65.